The molecule has 0 aromatic heterocycles. The number of carboxylic acid groups (broad SMARTS) is 1. The molecule has 1 rings (SSSR count). The topological polar surface area (TPSA) is 86.7 Å². The maximum absolute atomic E-state index is 11.3. The van der Waals surface area contributed by atoms with Gasteiger partial charge in [0.2, 0.25) is 0 Å². The van der Waals surface area contributed by atoms with Gasteiger partial charge in [0.25, 0.3) is 5.91 Å². The number of nitrogens with one attached hydrogen (secondary N) is 1. The standard InChI is InChI=1S/C9H14N2O4/c1-5(2)4-11-6(3-7(12)13)8(14)10-9(11)15/h5-6H,3-4H2,1-2H3,(H,12,13)(H,10,14,15)/t6-/m1/s1. The molecule has 6 nitrogen and oxygen atoms in total. The predicted molar refractivity (Wildman–Crippen MR) is 51.1 cm³/mol. The van der Waals surface area contributed by atoms with Gasteiger partial charge in [-0.1, -0.05) is 13.8 Å². The smallest absolute Gasteiger partial charge is 0.324 e. The molecule has 84 valence electrons. The molecule has 0 aromatic carbocycles. The number of hydrogen-bond acceptors (Lipinski definition) is 3. The molecule has 0 spiro atoms. The fourth-order valence-corrected chi connectivity index (χ4v) is 1.52. The van der Waals surface area contributed by atoms with Crippen LogP contribution in [0.15, 0.2) is 0 Å². The highest BCUT2D eigenvalue weighted by molar-refractivity contribution is 6.05. The molecule has 1 heterocycles. The number of amides is 3. The molecule has 6 heteroatoms. The van der Waals surface area contributed by atoms with E-state index in [1.54, 1.807) is 0 Å². The Balaban J connectivity index is 2.75. The number of imide groups is 1. The van der Waals surface area contributed by atoms with Gasteiger partial charge in [-0.25, -0.2) is 4.79 Å². The Labute approximate surface area is 87.2 Å². The van der Waals surface area contributed by atoms with Gasteiger partial charge in [0.05, 0.1) is 6.42 Å². The van der Waals surface area contributed by atoms with Crippen LogP contribution in [0.25, 0.3) is 0 Å². The van der Waals surface area contributed by atoms with Crippen molar-refractivity contribution in [3.63, 3.8) is 0 Å². The fourth-order valence-electron chi connectivity index (χ4n) is 1.52. The van der Waals surface area contributed by atoms with Gasteiger partial charge < -0.3 is 10.0 Å². The minimum Gasteiger partial charge on any atom is -0.481 e. The van der Waals surface area contributed by atoms with Crippen LogP contribution in [-0.2, 0) is 9.59 Å². The van der Waals surface area contributed by atoms with Crippen molar-refractivity contribution < 1.29 is 19.5 Å². The Hall–Kier alpha value is -1.59. The number of rotatable bonds is 4. The lowest BCUT2D eigenvalue weighted by Gasteiger charge is -2.22. The third kappa shape index (κ3) is 2.68. The third-order valence-corrected chi connectivity index (χ3v) is 2.10. The molecule has 1 saturated heterocycles. The van der Waals surface area contributed by atoms with Crippen LogP contribution in [0.1, 0.15) is 20.3 Å². The molecule has 0 aliphatic carbocycles. The zero-order chi connectivity index (χ0) is 11.6. The molecule has 0 radical (unpaired) electrons. The maximum Gasteiger partial charge on any atom is 0.324 e. The minimum absolute atomic E-state index is 0.193. The highest BCUT2D eigenvalue weighted by atomic mass is 16.4. The van der Waals surface area contributed by atoms with Crippen molar-refractivity contribution in [2.45, 2.75) is 26.3 Å². The van der Waals surface area contributed by atoms with Gasteiger partial charge in [-0.05, 0) is 5.92 Å². The molecule has 0 saturated carbocycles. The van der Waals surface area contributed by atoms with E-state index in [1.807, 2.05) is 13.8 Å². The van der Waals surface area contributed by atoms with Crippen LogP contribution in [0.2, 0.25) is 0 Å². The predicted octanol–water partition coefficient (Wildman–Crippen LogP) is 0.0375. The van der Waals surface area contributed by atoms with Crippen molar-refractivity contribution in [2.75, 3.05) is 6.54 Å². The van der Waals surface area contributed by atoms with Gasteiger partial charge in [0, 0.05) is 6.54 Å². The van der Waals surface area contributed by atoms with Crippen molar-refractivity contribution in [2.24, 2.45) is 5.92 Å². The highest BCUT2D eigenvalue weighted by Crippen LogP contribution is 2.14. The molecule has 2 N–H and O–H groups in total. The average molecular weight is 214 g/mol. The average Bonchev–Trinajstić information content (AvgIpc) is 2.30. The van der Waals surface area contributed by atoms with Gasteiger partial charge in [-0.2, -0.15) is 0 Å². The Morgan fingerprint density at radius 1 is 1.53 bits per heavy atom. The van der Waals surface area contributed by atoms with E-state index in [2.05, 4.69) is 5.32 Å². The molecule has 3 amide bonds. The maximum atomic E-state index is 11.3. The summed E-state index contributed by atoms with van der Waals surface area (Å²) in [5, 5.41) is 10.7. The summed E-state index contributed by atoms with van der Waals surface area (Å²) in [5.74, 6) is -1.42. The fraction of sp³-hybridized carbons (Fsp3) is 0.667. The molecular weight excluding hydrogens is 200 g/mol. The summed E-state index contributed by atoms with van der Waals surface area (Å²) >= 11 is 0. The molecule has 1 aliphatic heterocycles. The summed E-state index contributed by atoms with van der Waals surface area (Å²) < 4.78 is 0. The molecule has 0 unspecified atom stereocenters. The van der Waals surface area contributed by atoms with E-state index in [4.69, 9.17) is 5.11 Å². The van der Waals surface area contributed by atoms with Gasteiger partial charge >= 0.3 is 12.0 Å². The quantitative estimate of drug-likeness (QED) is 0.647. The van der Waals surface area contributed by atoms with Crippen LogP contribution in [0.4, 0.5) is 4.79 Å². The number of hydrogen-bond donors (Lipinski definition) is 2. The second-order valence-electron chi connectivity index (χ2n) is 3.95. The summed E-state index contributed by atoms with van der Waals surface area (Å²) in [6, 6.07) is -1.36. The first kappa shape index (κ1) is 11.5. The summed E-state index contributed by atoms with van der Waals surface area (Å²) in [7, 11) is 0. The van der Waals surface area contributed by atoms with E-state index in [0.717, 1.165) is 0 Å². The lowest BCUT2D eigenvalue weighted by Crippen LogP contribution is -2.39. The van der Waals surface area contributed by atoms with E-state index in [9.17, 15) is 14.4 Å². The molecule has 1 atom stereocenters. The molecular formula is C9H14N2O4. The first-order valence-electron chi connectivity index (χ1n) is 4.75. The minimum atomic E-state index is -1.08. The summed E-state index contributed by atoms with van der Waals surface area (Å²) in [6.45, 7) is 4.18. The zero-order valence-electron chi connectivity index (χ0n) is 8.69. The Morgan fingerprint density at radius 2 is 2.13 bits per heavy atom. The summed E-state index contributed by atoms with van der Waals surface area (Å²) in [4.78, 5) is 34.4. The van der Waals surface area contributed by atoms with E-state index in [0.29, 0.717) is 6.54 Å². The summed E-state index contributed by atoms with van der Waals surface area (Å²) in [5.41, 5.74) is 0. The second-order valence-corrected chi connectivity index (χ2v) is 3.95. The number of carbonyl (C=O) groups excluding carboxylic acids is 2. The van der Waals surface area contributed by atoms with E-state index >= 15 is 0 Å². The second kappa shape index (κ2) is 4.29. The zero-order valence-corrected chi connectivity index (χ0v) is 8.69. The third-order valence-electron chi connectivity index (χ3n) is 2.10. The van der Waals surface area contributed by atoms with E-state index in [1.165, 1.54) is 4.90 Å². The number of carbonyl (C=O) groups is 3. The number of nitrogens with zero attached hydrogens (tertiary/aromatic N) is 1. The van der Waals surface area contributed by atoms with Crippen molar-refractivity contribution in [3.8, 4) is 0 Å². The Morgan fingerprint density at radius 3 is 2.60 bits per heavy atom. The number of carboxylic acids is 1. The van der Waals surface area contributed by atoms with Gasteiger partial charge in [0.1, 0.15) is 6.04 Å². The van der Waals surface area contributed by atoms with E-state index < -0.39 is 23.9 Å². The normalized spacial score (nSPS) is 21.0. The molecule has 1 fully saturated rings. The number of urea groups is 1. The summed E-state index contributed by atoms with van der Waals surface area (Å²) in [6.07, 6.45) is -0.343. The van der Waals surface area contributed by atoms with Crippen molar-refractivity contribution in [1.29, 1.82) is 0 Å². The first-order valence-corrected chi connectivity index (χ1v) is 4.75. The van der Waals surface area contributed by atoms with Crippen molar-refractivity contribution in [1.82, 2.24) is 10.2 Å². The molecule has 0 bridgehead atoms. The van der Waals surface area contributed by atoms with Crippen molar-refractivity contribution in [3.05, 3.63) is 0 Å². The SMILES string of the molecule is CC(C)CN1C(=O)NC(=O)[C@H]1CC(=O)O. The van der Waals surface area contributed by atoms with Gasteiger partial charge in [0.15, 0.2) is 0 Å². The van der Waals surface area contributed by atoms with Crippen LogP contribution < -0.4 is 5.32 Å². The van der Waals surface area contributed by atoms with E-state index in [-0.39, 0.29) is 12.3 Å². The first-order chi connectivity index (χ1) is 6.91. The van der Waals surface area contributed by atoms with Crippen LogP contribution in [0.5, 0.6) is 0 Å². The monoisotopic (exact) mass is 214 g/mol. The lowest BCUT2D eigenvalue weighted by atomic mass is 10.1. The van der Waals surface area contributed by atoms with Crippen LogP contribution in [0, 0.1) is 5.92 Å². The van der Waals surface area contributed by atoms with Crippen LogP contribution in [0.3, 0.4) is 0 Å². The van der Waals surface area contributed by atoms with Crippen LogP contribution >= 0.6 is 0 Å². The van der Waals surface area contributed by atoms with Gasteiger partial charge in [-0.15, -0.1) is 0 Å². The Kier molecular flexibility index (Phi) is 3.28. The largest absolute Gasteiger partial charge is 0.481 e. The molecule has 0 aromatic rings. The van der Waals surface area contributed by atoms with Crippen molar-refractivity contribution >= 4 is 17.9 Å². The molecule has 15 heavy (non-hydrogen) atoms. The molecule has 1 aliphatic rings. The van der Waals surface area contributed by atoms with Crippen LogP contribution in [-0.4, -0.2) is 40.5 Å². The van der Waals surface area contributed by atoms with Gasteiger partial charge in [-0.3, -0.25) is 14.9 Å². The lowest BCUT2D eigenvalue weighted by molar-refractivity contribution is -0.140. The Bertz CT molecular complexity index is 300. The number of aliphatic carboxylic acids is 1. The highest BCUT2D eigenvalue weighted by Gasteiger charge is 2.39.